The Morgan fingerprint density at radius 2 is 2.43 bits per heavy atom. The Morgan fingerprint density at radius 3 is 3.00 bits per heavy atom. The Kier molecular flexibility index (Phi) is 3.22. The first kappa shape index (κ1) is 10.2. The van der Waals surface area contributed by atoms with E-state index in [1.807, 2.05) is 0 Å². The van der Waals surface area contributed by atoms with Crippen molar-refractivity contribution in [3.05, 3.63) is 22.4 Å². The van der Waals surface area contributed by atoms with Crippen molar-refractivity contribution in [3.8, 4) is 0 Å². The smallest absolute Gasteiger partial charge is 0.411 e. The summed E-state index contributed by atoms with van der Waals surface area (Å²) in [5, 5.41) is 2.27. The average Bonchev–Trinajstić information content (AvgIpc) is 2.10. The third kappa shape index (κ3) is 2.58. The van der Waals surface area contributed by atoms with Crippen molar-refractivity contribution in [2.45, 2.75) is 13.8 Å². The molecule has 14 heavy (non-hydrogen) atoms. The highest BCUT2D eigenvalue weighted by Crippen LogP contribution is 1.96. The summed E-state index contributed by atoms with van der Waals surface area (Å²) in [4.78, 5) is 28.4. The number of carbonyl (C=O) groups is 1. The summed E-state index contributed by atoms with van der Waals surface area (Å²) in [6, 6.07) is 0. The number of aromatic nitrogens is 2. The fourth-order valence-electron chi connectivity index (χ4n) is 0.850. The van der Waals surface area contributed by atoms with Crippen LogP contribution in [0.4, 0.5) is 10.5 Å². The zero-order chi connectivity index (χ0) is 10.6. The van der Waals surface area contributed by atoms with Crippen molar-refractivity contribution in [1.29, 1.82) is 0 Å². The molecule has 76 valence electrons. The van der Waals surface area contributed by atoms with E-state index < -0.39 is 11.7 Å². The lowest BCUT2D eigenvalue weighted by atomic mass is 10.5. The Balaban J connectivity index is 2.77. The third-order valence-corrected chi connectivity index (χ3v) is 1.44. The molecule has 0 aromatic carbocycles. The highest BCUT2D eigenvalue weighted by Gasteiger charge is 2.05. The van der Waals surface area contributed by atoms with Crippen molar-refractivity contribution >= 4 is 11.8 Å². The van der Waals surface area contributed by atoms with Gasteiger partial charge in [-0.1, -0.05) is 0 Å². The van der Waals surface area contributed by atoms with Gasteiger partial charge in [0.25, 0.3) is 5.56 Å². The highest BCUT2D eigenvalue weighted by molar-refractivity contribution is 5.83. The molecular weight excluding hydrogens is 186 g/mol. The van der Waals surface area contributed by atoms with Crippen LogP contribution in [-0.2, 0) is 4.74 Å². The van der Waals surface area contributed by atoms with Crippen molar-refractivity contribution < 1.29 is 9.53 Å². The number of hydrogen-bond acceptors (Lipinski definition) is 4. The van der Waals surface area contributed by atoms with Gasteiger partial charge in [0, 0.05) is 0 Å². The van der Waals surface area contributed by atoms with Crippen LogP contribution in [0.15, 0.2) is 11.0 Å². The number of aromatic amines is 1. The molecule has 0 radical (unpaired) electrons. The van der Waals surface area contributed by atoms with Gasteiger partial charge in [0.15, 0.2) is 0 Å². The quantitative estimate of drug-likeness (QED) is 0.728. The maximum atomic E-state index is 11.2. The molecule has 1 rings (SSSR count). The largest absolute Gasteiger partial charge is 0.450 e. The Bertz CT molecular complexity index is 386. The Morgan fingerprint density at radius 1 is 1.71 bits per heavy atom. The first-order chi connectivity index (χ1) is 6.63. The minimum absolute atomic E-state index is 0.0778. The van der Waals surface area contributed by atoms with E-state index in [1.165, 1.54) is 6.20 Å². The molecule has 0 aliphatic heterocycles. The summed E-state index contributed by atoms with van der Waals surface area (Å²) in [7, 11) is 0. The first-order valence-corrected chi connectivity index (χ1v) is 4.13. The molecule has 0 atom stereocenters. The van der Waals surface area contributed by atoms with Gasteiger partial charge in [0.1, 0.15) is 11.5 Å². The van der Waals surface area contributed by atoms with Crippen molar-refractivity contribution in [1.82, 2.24) is 9.97 Å². The van der Waals surface area contributed by atoms with Gasteiger partial charge in [-0.25, -0.2) is 9.78 Å². The zero-order valence-electron chi connectivity index (χ0n) is 7.96. The van der Waals surface area contributed by atoms with Crippen molar-refractivity contribution in [3.63, 3.8) is 0 Å². The molecule has 1 heterocycles. The van der Waals surface area contributed by atoms with E-state index in [0.29, 0.717) is 5.82 Å². The number of nitrogens with zero attached hydrogens (tertiary/aromatic N) is 1. The van der Waals surface area contributed by atoms with Crippen molar-refractivity contribution in [2.75, 3.05) is 11.9 Å². The molecular formula is C8H11N3O3. The molecule has 1 aromatic heterocycles. The number of rotatable bonds is 2. The van der Waals surface area contributed by atoms with E-state index in [0.717, 1.165) is 0 Å². The maximum Gasteiger partial charge on any atom is 0.411 e. The van der Waals surface area contributed by atoms with E-state index >= 15 is 0 Å². The molecule has 6 nitrogen and oxygen atoms in total. The van der Waals surface area contributed by atoms with Crippen LogP contribution in [0.3, 0.4) is 0 Å². The molecule has 6 heteroatoms. The number of carbonyl (C=O) groups excluding carboxylic acids is 1. The number of H-pyrrole nitrogens is 1. The molecule has 2 N–H and O–H groups in total. The molecule has 0 saturated heterocycles. The lowest BCUT2D eigenvalue weighted by Crippen LogP contribution is -2.21. The number of ether oxygens (including phenoxy) is 1. The van der Waals surface area contributed by atoms with Gasteiger partial charge < -0.3 is 9.72 Å². The van der Waals surface area contributed by atoms with Crippen LogP contribution >= 0.6 is 0 Å². The molecule has 1 amide bonds. The summed E-state index contributed by atoms with van der Waals surface area (Å²) < 4.78 is 4.60. The van der Waals surface area contributed by atoms with Crippen molar-refractivity contribution in [2.24, 2.45) is 0 Å². The standard InChI is InChI=1S/C8H11N3O3/c1-3-14-8(13)11-6-4-9-5(2)10-7(6)12/h4H,3H2,1-2H3,(H,11,13)(H,9,10,12). The summed E-state index contributed by atoms with van der Waals surface area (Å²) in [6.07, 6.45) is 0.620. The van der Waals surface area contributed by atoms with Crippen LogP contribution < -0.4 is 10.9 Å². The van der Waals surface area contributed by atoms with Gasteiger partial charge in [0.2, 0.25) is 0 Å². The van der Waals surface area contributed by atoms with E-state index in [2.05, 4.69) is 20.0 Å². The molecule has 0 saturated carbocycles. The van der Waals surface area contributed by atoms with E-state index in [4.69, 9.17) is 0 Å². The third-order valence-electron chi connectivity index (χ3n) is 1.44. The summed E-state index contributed by atoms with van der Waals surface area (Å²) in [6.45, 7) is 3.58. The second-order valence-electron chi connectivity index (χ2n) is 2.56. The fourth-order valence-corrected chi connectivity index (χ4v) is 0.850. The number of anilines is 1. The monoisotopic (exact) mass is 197 g/mol. The van der Waals surface area contributed by atoms with Crippen LogP contribution in [-0.4, -0.2) is 22.7 Å². The zero-order valence-corrected chi connectivity index (χ0v) is 7.96. The minimum atomic E-state index is -0.663. The normalized spacial score (nSPS) is 9.57. The van der Waals surface area contributed by atoms with Gasteiger partial charge in [-0.15, -0.1) is 0 Å². The second-order valence-corrected chi connectivity index (χ2v) is 2.56. The summed E-state index contributed by atoms with van der Waals surface area (Å²) in [5.41, 5.74) is -0.320. The predicted octanol–water partition coefficient (Wildman–Crippen LogP) is 0.647. The summed E-state index contributed by atoms with van der Waals surface area (Å²) in [5.74, 6) is 0.490. The second kappa shape index (κ2) is 4.40. The Hall–Kier alpha value is -1.85. The average molecular weight is 197 g/mol. The lowest BCUT2D eigenvalue weighted by Gasteiger charge is -2.03. The van der Waals surface area contributed by atoms with Crippen LogP contribution in [0, 0.1) is 6.92 Å². The molecule has 0 spiro atoms. The predicted molar refractivity (Wildman–Crippen MR) is 50.2 cm³/mol. The molecule has 0 fully saturated rings. The van der Waals surface area contributed by atoms with Gasteiger partial charge in [-0.05, 0) is 13.8 Å². The molecule has 0 bridgehead atoms. The number of amides is 1. The topological polar surface area (TPSA) is 84.1 Å². The van der Waals surface area contributed by atoms with Crippen LogP contribution in [0.25, 0.3) is 0 Å². The van der Waals surface area contributed by atoms with Crippen LogP contribution in [0.5, 0.6) is 0 Å². The highest BCUT2D eigenvalue weighted by atomic mass is 16.5. The van der Waals surface area contributed by atoms with E-state index in [-0.39, 0.29) is 12.3 Å². The number of aryl methyl sites for hydroxylation is 1. The van der Waals surface area contributed by atoms with E-state index in [1.54, 1.807) is 13.8 Å². The van der Waals surface area contributed by atoms with Gasteiger partial charge in [-0.3, -0.25) is 10.1 Å². The van der Waals surface area contributed by atoms with Gasteiger partial charge in [0.05, 0.1) is 12.8 Å². The summed E-state index contributed by atoms with van der Waals surface area (Å²) >= 11 is 0. The lowest BCUT2D eigenvalue weighted by molar-refractivity contribution is 0.168. The Labute approximate surface area is 80.3 Å². The number of nitrogens with one attached hydrogen (secondary N) is 2. The SMILES string of the molecule is CCOC(=O)Nc1cnc(C)[nH]c1=O. The van der Waals surface area contributed by atoms with Crippen LogP contribution in [0.1, 0.15) is 12.7 Å². The first-order valence-electron chi connectivity index (χ1n) is 4.13. The number of hydrogen-bond donors (Lipinski definition) is 2. The van der Waals surface area contributed by atoms with Crippen LogP contribution in [0.2, 0.25) is 0 Å². The molecule has 0 unspecified atom stereocenters. The molecule has 1 aromatic rings. The molecule has 0 aliphatic rings. The maximum absolute atomic E-state index is 11.2. The van der Waals surface area contributed by atoms with Gasteiger partial charge >= 0.3 is 6.09 Å². The van der Waals surface area contributed by atoms with E-state index in [9.17, 15) is 9.59 Å². The van der Waals surface area contributed by atoms with Gasteiger partial charge in [-0.2, -0.15) is 0 Å². The molecule has 0 aliphatic carbocycles. The fraction of sp³-hybridized carbons (Fsp3) is 0.375. The minimum Gasteiger partial charge on any atom is -0.450 e.